The maximum atomic E-state index is 12.1. The molecule has 6 heteroatoms. The van der Waals surface area contributed by atoms with Crippen LogP contribution < -0.4 is 5.32 Å². The van der Waals surface area contributed by atoms with Crippen molar-refractivity contribution in [1.82, 2.24) is 15.1 Å². The van der Waals surface area contributed by atoms with E-state index in [-0.39, 0.29) is 11.8 Å². The quantitative estimate of drug-likeness (QED) is 0.867. The minimum absolute atomic E-state index is 0.0949. The average Bonchev–Trinajstić information content (AvgIpc) is 3.17. The molecule has 1 saturated heterocycles. The number of hydrogen-bond donors (Lipinski definition) is 1. The van der Waals surface area contributed by atoms with Crippen molar-refractivity contribution in [2.75, 3.05) is 32.7 Å². The number of amides is 2. The molecule has 0 unspecified atom stereocenters. The third kappa shape index (κ3) is 3.64. The van der Waals surface area contributed by atoms with Crippen LogP contribution in [0.3, 0.4) is 0 Å². The fraction of sp³-hybridized carbons (Fsp3) is 0.600. The van der Waals surface area contributed by atoms with Crippen molar-refractivity contribution in [2.24, 2.45) is 0 Å². The first kappa shape index (κ1) is 14.1. The molecule has 6 nitrogen and oxygen atoms in total. The molecule has 0 bridgehead atoms. The Labute approximate surface area is 124 Å². The van der Waals surface area contributed by atoms with Gasteiger partial charge in [-0.3, -0.25) is 9.59 Å². The lowest BCUT2D eigenvalue weighted by atomic mass is 10.2. The predicted molar refractivity (Wildman–Crippen MR) is 76.8 cm³/mol. The lowest BCUT2D eigenvalue weighted by Crippen LogP contribution is -2.50. The fourth-order valence-corrected chi connectivity index (χ4v) is 2.54. The standard InChI is InChI=1S/C15H21N3O3/c19-14(5-6-16-12-3-4-12)17-7-9-18(10-8-17)15(20)13-2-1-11-21-13/h1-2,11-12,16H,3-10H2. The highest BCUT2D eigenvalue weighted by Crippen LogP contribution is 2.18. The van der Waals surface area contributed by atoms with Gasteiger partial charge in [-0.25, -0.2) is 0 Å². The summed E-state index contributed by atoms with van der Waals surface area (Å²) in [6.45, 7) is 3.11. The lowest BCUT2D eigenvalue weighted by Gasteiger charge is -2.34. The maximum Gasteiger partial charge on any atom is 0.289 e. The van der Waals surface area contributed by atoms with E-state index in [9.17, 15) is 9.59 Å². The zero-order chi connectivity index (χ0) is 14.7. The van der Waals surface area contributed by atoms with Gasteiger partial charge >= 0.3 is 0 Å². The summed E-state index contributed by atoms with van der Waals surface area (Å²) in [5.41, 5.74) is 0. The Hall–Kier alpha value is -1.82. The largest absolute Gasteiger partial charge is 0.459 e. The van der Waals surface area contributed by atoms with E-state index < -0.39 is 0 Å². The zero-order valence-corrected chi connectivity index (χ0v) is 12.1. The van der Waals surface area contributed by atoms with Gasteiger partial charge in [0.2, 0.25) is 5.91 Å². The number of carbonyl (C=O) groups is 2. The molecular weight excluding hydrogens is 270 g/mol. The maximum absolute atomic E-state index is 12.1. The molecule has 1 aromatic heterocycles. The summed E-state index contributed by atoms with van der Waals surface area (Å²) in [6.07, 6.45) is 4.52. The summed E-state index contributed by atoms with van der Waals surface area (Å²) < 4.78 is 5.12. The van der Waals surface area contributed by atoms with E-state index in [2.05, 4.69) is 5.32 Å². The number of piperazine rings is 1. The van der Waals surface area contributed by atoms with Gasteiger partial charge in [0.15, 0.2) is 5.76 Å². The molecule has 2 aliphatic rings. The monoisotopic (exact) mass is 291 g/mol. The third-order valence-electron chi connectivity index (χ3n) is 4.00. The average molecular weight is 291 g/mol. The molecule has 0 radical (unpaired) electrons. The molecule has 1 aromatic rings. The van der Waals surface area contributed by atoms with Gasteiger partial charge in [0, 0.05) is 45.2 Å². The number of carbonyl (C=O) groups excluding carboxylic acids is 2. The summed E-state index contributed by atoms with van der Waals surface area (Å²) >= 11 is 0. The molecule has 114 valence electrons. The molecule has 2 amide bonds. The van der Waals surface area contributed by atoms with E-state index >= 15 is 0 Å². The van der Waals surface area contributed by atoms with Crippen LogP contribution in [0, 0.1) is 0 Å². The van der Waals surface area contributed by atoms with Crippen molar-refractivity contribution in [2.45, 2.75) is 25.3 Å². The van der Waals surface area contributed by atoms with E-state index in [1.807, 2.05) is 4.90 Å². The second kappa shape index (κ2) is 6.30. The normalized spacial score (nSPS) is 18.9. The van der Waals surface area contributed by atoms with E-state index in [0.29, 0.717) is 44.4 Å². The van der Waals surface area contributed by atoms with Gasteiger partial charge in [-0.2, -0.15) is 0 Å². The molecule has 1 N–H and O–H groups in total. The number of nitrogens with one attached hydrogen (secondary N) is 1. The van der Waals surface area contributed by atoms with Crippen molar-refractivity contribution in [3.63, 3.8) is 0 Å². The molecule has 0 spiro atoms. The molecule has 1 aliphatic heterocycles. The molecule has 1 saturated carbocycles. The topological polar surface area (TPSA) is 65.8 Å². The Balaban J connectivity index is 1.41. The summed E-state index contributed by atoms with van der Waals surface area (Å²) in [5.74, 6) is 0.444. The molecule has 0 aromatic carbocycles. The highest BCUT2D eigenvalue weighted by molar-refractivity contribution is 5.91. The first-order valence-electron chi connectivity index (χ1n) is 7.58. The zero-order valence-electron chi connectivity index (χ0n) is 12.1. The van der Waals surface area contributed by atoms with Crippen LogP contribution >= 0.6 is 0 Å². The lowest BCUT2D eigenvalue weighted by molar-refractivity contribution is -0.132. The SMILES string of the molecule is O=C(CCNC1CC1)N1CCN(C(=O)c2ccco2)CC1. The Kier molecular flexibility index (Phi) is 4.24. The van der Waals surface area contributed by atoms with Crippen molar-refractivity contribution in [1.29, 1.82) is 0 Å². The minimum atomic E-state index is -0.0949. The second-order valence-corrected chi connectivity index (χ2v) is 5.63. The molecule has 2 fully saturated rings. The number of rotatable bonds is 5. The van der Waals surface area contributed by atoms with Crippen LogP contribution in [0.15, 0.2) is 22.8 Å². The Bertz CT molecular complexity index is 488. The van der Waals surface area contributed by atoms with Gasteiger partial charge in [0.25, 0.3) is 5.91 Å². The van der Waals surface area contributed by atoms with Crippen LogP contribution in [0.2, 0.25) is 0 Å². The van der Waals surface area contributed by atoms with Gasteiger partial charge in [0.05, 0.1) is 6.26 Å². The van der Waals surface area contributed by atoms with E-state index in [0.717, 1.165) is 6.54 Å². The number of furan rings is 1. The van der Waals surface area contributed by atoms with Crippen LogP contribution in [0.5, 0.6) is 0 Å². The summed E-state index contributed by atoms with van der Waals surface area (Å²) in [7, 11) is 0. The van der Waals surface area contributed by atoms with Gasteiger partial charge in [-0.1, -0.05) is 0 Å². The van der Waals surface area contributed by atoms with Gasteiger partial charge < -0.3 is 19.5 Å². The van der Waals surface area contributed by atoms with E-state index in [1.165, 1.54) is 19.1 Å². The smallest absolute Gasteiger partial charge is 0.289 e. The highest BCUT2D eigenvalue weighted by Gasteiger charge is 2.26. The highest BCUT2D eigenvalue weighted by atomic mass is 16.3. The number of nitrogens with zero attached hydrogens (tertiary/aromatic N) is 2. The van der Waals surface area contributed by atoms with E-state index in [1.54, 1.807) is 17.0 Å². The van der Waals surface area contributed by atoms with Crippen LogP contribution in [0.1, 0.15) is 29.8 Å². The van der Waals surface area contributed by atoms with Crippen LogP contribution in [0.25, 0.3) is 0 Å². The molecule has 1 aliphatic carbocycles. The Morgan fingerprint density at radius 1 is 1.19 bits per heavy atom. The summed E-state index contributed by atoms with van der Waals surface area (Å²) in [6, 6.07) is 4.02. The first-order valence-corrected chi connectivity index (χ1v) is 7.58. The minimum Gasteiger partial charge on any atom is -0.459 e. The van der Waals surface area contributed by atoms with Crippen molar-refractivity contribution < 1.29 is 14.0 Å². The molecule has 0 atom stereocenters. The number of hydrogen-bond acceptors (Lipinski definition) is 4. The molecule has 3 rings (SSSR count). The van der Waals surface area contributed by atoms with Crippen LogP contribution in [0.4, 0.5) is 0 Å². The van der Waals surface area contributed by atoms with Gasteiger partial charge in [-0.15, -0.1) is 0 Å². The van der Waals surface area contributed by atoms with Crippen molar-refractivity contribution in [3.05, 3.63) is 24.2 Å². The van der Waals surface area contributed by atoms with Gasteiger partial charge in [-0.05, 0) is 25.0 Å². The Morgan fingerprint density at radius 3 is 2.52 bits per heavy atom. The van der Waals surface area contributed by atoms with Crippen molar-refractivity contribution >= 4 is 11.8 Å². The first-order chi connectivity index (χ1) is 10.2. The second-order valence-electron chi connectivity index (χ2n) is 5.63. The Morgan fingerprint density at radius 2 is 1.90 bits per heavy atom. The molecule has 21 heavy (non-hydrogen) atoms. The summed E-state index contributed by atoms with van der Waals surface area (Å²) in [5, 5.41) is 3.35. The van der Waals surface area contributed by atoms with Crippen LogP contribution in [-0.4, -0.2) is 60.4 Å². The van der Waals surface area contributed by atoms with Gasteiger partial charge in [0.1, 0.15) is 0 Å². The fourth-order valence-electron chi connectivity index (χ4n) is 2.54. The molecular formula is C15H21N3O3. The molecule has 2 heterocycles. The van der Waals surface area contributed by atoms with Crippen molar-refractivity contribution in [3.8, 4) is 0 Å². The van der Waals surface area contributed by atoms with Crippen LogP contribution in [-0.2, 0) is 4.79 Å². The third-order valence-corrected chi connectivity index (χ3v) is 4.00. The summed E-state index contributed by atoms with van der Waals surface area (Å²) in [4.78, 5) is 27.8. The predicted octanol–water partition coefficient (Wildman–Crippen LogP) is 0.706. The van der Waals surface area contributed by atoms with E-state index in [4.69, 9.17) is 4.42 Å².